The van der Waals surface area contributed by atoms with Crippen molar-refractivity contribution < 1.29 is 9.21 Å². The number of nitrogens with zero attached hydrogens (tertiary/aromatic N) is 1. The van der Waals surface area contributed by atoms with E-state index < -0.39 is 5.91 Å². The maximum atomic E-state index is 11.3. The van der Waals surface area contributed by atoms with Crippen LogP contribution in [0, 0.1) is 0 Å². The maximum Gasteiger partial charge on any atom is 0.284 e. The van der Waals surface area contributed by atoms with Crippen LogP contribution >= 0.6 is 0 Å². The number of rotatable bonds is 3. The molecule has 0 aliphatic rings. The van der Waals surface area contributed by atoms with E-state index in [0.29, 0.717) is 12.1 Å². The quantitative estimate of drug-likeness (QED) is 0.851. The molecule has 0 saturated heterocycles. The molecule has 1 amide bonds. The lowest BCUT2D eigenvalue weighted by molar-refractivity contribution is 0.0974. The summed E-state index contributed by atoms with van der Waals surface area (Å²) in [5, 5.41) is 0.949. The number of benzene rings is 1. The molecule has 2 aromatic rings. The Kier molecular flexibility index (Phi) is 2.66. The number of nitrogens with two attached hydrogens (primary N) is 1. The van der Waals surface area contributed by atoms with Crippen LogP contribution in [0.2, 0.25) is 0 Å². The van der Waals surface area contributed by atoms with Crippen molar-refractivity contribution in [2.75, 3.05) is 14.1 Å². The number of hydrogen-bond donors (Lipinski definition) is 1. The number of primary amides is 1. The maximum absolute atomic E-state index is 11.3. The smallest absolute Gasteiger partial charge is 0.284 e. The lowest BCUT2D eigenvalue weighted by atomic mass is 10.1. The van der Waals surface area contributed by atoms with E-state index in [4.69, 9.17) is 10.2 Å². The molecule has 1 aromatic carbocycles. The van der Waals surface area contributed by atoms with Crippen molar-refractivity contribution in [1.29, 1.82) is 0 Å². The number of hydrogen-bond acceptors (Lipinski definition) is 3. The molecule has 0 fully saturated rings. The first-order valence-corrected chi connectivity index (χ1v) is 5.04. The summed E-state index contributed by atoms with van der Waals surface area (Å²) in [5.74, 6) is -0.261. The van der Waals surface area contributed by atoms with Crippen molar-refractivity contribution in [3.05, 3.63) is 35.6 Å². The highest BCUT2D eigenvalue weighted by Gasteiger charge is 2.18. The first-order chi connectivity index (χ1) is 7.59. The molecule has 0 unspecified atom stereocenters. The molecule has 1 aromatic heterocycles. The van der Waals surface area contributed by atoms with E-state index in [-0.39, 0.29) is 5.76 Å². The standard InChI is InChI=1S/C12H14N2O2/c1-14(2)7-9-8-5-3-4-6-10(8)16-11(9)12(13)15/h3-6H,7H2,1-2H3,(H2,13,15). The second kappa shape index (κ2) is 3.98. The van der Waals surface area contributed by atoms with Crippen molar-refractivity contribution >= 4 is 16.9 Å². The Morgan fingerprint density at radius 3 is 2.69 bits per heavy atom. The fourth-order valence-electron chi connectivity index (χ4n) is 1.77. The summed E-state index contributed by atoms with van der Waals surface area (Å²) >= 11 is 0. The molecule has 0 saturated carbocycles. The van der Waals surface area contributed by atoms with Crippen LogP contribution in [-0.4, -0.2) is 24.9 Å². The third-order valence-electron chi connectivity index (χ3n) is 2.40. The molecule has 0 aliphatic carbocycles. The van der Waals surface area contributed by atoms with Gasteiger partial charge in [0.15, 0.2) is 5.76 Å². The molecule has 0 atom stereocenters. The van der Waals surface area contributed by atoms with Crippen LogP contribution in [0.1, 0.15) is 16.1 Å². The van der Waals surface area contributed by atoms with E-state index in [2.05, 4.69) is 0 Å². The number of carbonyl (C=O) groups is 1. The molecular formula is C12H14N2O2. The predicted molar refractivity (Wildman–Crippen MR) is 62.1 cm³/mol. The van der Waals surface area contributed by atoms with E-state index >= 15 is 0 Å². The Morgan fingerprint density at radius 1 is 1.38 bits per heavy atom. The number of carbonyl (C=O) groups excluding carboxylic acids is 1. The minimum Gasteiger partial charge on any atom is -0.451 e. The summed E-state index contributed by atoms with van der Waals surface area (Å²) in [6, 6.07) is 7.56. The molecule has 0 bridgehead atoms. The molecular weight excluding hydrogens is 204 g/mol. The zero-order chi connectivity index (χ0) is 11.7. The van der Waals surface area contributed by atoms with Crippen LogP contribution in [0.4, 0.5) is 0 Å². The number of para-hydroxylation sites is 1. The molecule has 0 radical (unpaired) electrons. The molecule has 16 heavy (non-hydrogen) atoms. The fraction of sp³-hybridized carbons (Fsp3) is 0.250. The van der Waals surface area contributed by atoms with E-state index in [1.54, 1.807) is 0 Å². The van der Waals surface area contributed by atoms with Crippen LogP contribution in [0.5, 0.6) is 0 Å². The Bertz CT molecular complexity index is 529. The fourth-order valence-corrected chi connectivity index (χ4v) is 1.77. The molecule has 2 rings (SSSR count). The highest BCUT2D eigenvalue weighted by atomic mass is 16.3. The van der Waals surface area contributed by atoms with Gasteiger partial charge in [0, 0.05) is 17.5 Å². The largest absolute Gasteiger partial charge is 0.451 e. The third kappa shape index (κ3) is 1.79. The molecule has 84 valence electrons. The van der Waals surface area contributed by atoms with Gasteiger partial charge in [-0.25, -0.2) is 0 Å². The van der Waals surface area contributed by atoms with Gasteiger partial charge in [-0.3, -0.25) is 4.79 Å². The van der Waals surface area contributed by atoms with Crippen LogP contribution < -0.4 is 5.73 Å². The summed E-state index contributed by atoms with van der Waals surface area (Å²) in [5.41, 5.74) is 6.86. The highest BCUT2D eigenvalue weighted by Crippen LogP contribution is 2.26. The number of amides is 1. The van der Waals surface area contributed by atoms with Crippen LogP contribution in [0.15, 0.2) is 28.7 Å². The van der Waals surface area contributed by atoms with Crippen molar-refractivity contribution in [2.45, 2.75) is 6.54 Å². The first-order valence-electron chi connectivity index (χ1n) is 5.04. The molecule has 0 aliphatic heterocycles. The number of furan rings is 1. The SMILES string of the molecule is CN(C)Cc1c(C(N)=O)oc2ccccc12. The van der Waals surface area contributed by atoms with Gasteiger partial charge >= 0.3 is 0 Å². The summed E-state index contributed by atoms with van der Waals surface area (Å²) in [7, 11) is 3.87. The molecule has 4 nitrogen and oxygen atoms in total. The Hall–Kier alpha value is -1.81. The van der Waals surface area contributed by atoms with E-state index in [1.165, 1.54) is 0 Å². The zero-order valence-corrected chi connectivity index (χ0v) is 9.36. The van der Waals surface area contributed by atoms with E-state index in [9.17, 15) is 4.79 Å². The van der Waals surface area contributed by atoms with Crippen LogP contribution in [0.3, 0.4) is 0 Å². The molecule has 4 heteroatoms. The molecule has 2 N–H and O–H groups in total. The van der Waals surface area contributed by atoms with E-state index in [0.717, 1.165) is 10.9 Å². The summed E-state index contributed by atoms with van der Waals surface area (Å²) < 4.78 is 5.46. The Morgan fingerprint density at radius 2 is 2.06 bits per heavy atom. The van der Waals surface area contributed by atoms with Gasteiger partial charge in [0.25, 0.3) is 5.91 Å². The number of fused-ring (bicyclic) bond motifs is 1. The van der Waals surface area contributed by atoms with Crippen molar-refractivity contribution in [3.8, 4) is 0 Å². The van der Waals surface area contributed by atoms with Gasteiger partial charge in [-0.2, -0.15) is 0 Å². The normalized spacial score (nSPS) is 11.2. The topological polar surface area (TPSA) is 59.5 Å². The van der Waals surface area contributed by atoms with Crippen LogP contribution in [0.25, 0.3) is 11.0 Å². The Balaban J connectivity index is 2.64. The van der Waals surface area contributed by atoms with Gasteiger partial charge in [0.2, 0.25) is 0 Å². The average Bonchev–Trinajstić information content (AvgIpc) is 2.57. The van der Waals surface area contributed by atoms with E-state index in [1.807, 2.05) is 43.3 Å². The van der Waals surface area contributed by atoms with Crippen molar-refractivity contribution in [3.63, 3.8) is 0 Å². The van der Waals surface area contributed by atoms with Gasteiger partial charge in [-0.05, 0) is 20.2 Å². The lowest BCUT2D eigenvalue weighted by Gasteiger charge is -2.08. The minimum absolute atomic E-state index is 0.259. The monoisotopic (exact) mass is 218 g/mol. The highest BCUT2D eigenvalue weighted by molar-refractivity contribution is 5.98. The first kappa shape index (κ1) is 10.7. The minimum atomic E-state index is -0.520. The van der Waals surface area contributed by atoms with Gasteiger partial charge in [0.05, 0.1) is 0 Å². The van der Waals surface area contributed by atoms with Crippen LogP contribution in [-0.2, 0) is 6.54 Å². The lowest BCUT2D eigenvalue weighted by Crippen LogP contribution is -2.16. The second-order valence-corrected chi connectivity index (χ2v) is 4.01. The summed E-state index contributed by atoms with van der Waals surface area (Å²) in [4.78, 5) is 13.3. The second-order valence-electron chi connectivity index (χ2n) is 4.01. The average molecular weight is 218 g/mol. The van der Waals surface area contributed by atoms with Gasteiger partial charge in [-0.15, -0.1) is 0 Å². The van der Waals surface area contributed by atoms with Crippen molar-refractivity contribution in [2.24, 2.45) is 5.73 Å². The van der Waals surface area contributed by atoms with Gasteiger partial charge < -0.3 is 15.1 Å². The van der Waals surface area contributed by atoms with Crippen molar-refractivity contribution in [1.82, 2.24) is 4.90 Å². The zero-order valence-electron chi connectivity index (χ0n) is 9.36. The summed E-state index contributed by atoms with van der Waals surface area (Å²) in [6.07, 6.45) is 0. The molecule has 1 heterocycles. The Labute approximate surface area is 93.6 Å². The predicted octanol–water partition coefficient (Wildman–Crippen LogP) is 1.59. The van der Waals surface area contributed by atoms with Gasteiger partial charge in [0.1, 0.15) is 5.58 Å². The van der Waals surface area contributed by atoms with Gasteiger partial charge in [-0.1, -0.05) is 18.2 Å². The third-order valence-corrected chi connectivity index (χ3v) is 2.40. The molecule has 0 spiro atoms. The summed E-state index contributed by atoms with van der Waals surface area (Å²) in [6.45, 7) is 0.634.